The molecule has 0 aliphatic heterocycles. The number of hydrogen-bond acceptors (Lipinski definition) is 3. The molecule has 0 aliphatic rings. The van der Waals surface area contributed by atoms with Gasteiger partial charge in [0.05, 0.1) is 0 Å². The van der Waals surface area contributed by atoms with Crippen molar-refractivity contribution in [2.45, 2.75) is 19.9 Å². The highest BCUT2D eigenvalue weighted by Gasteiger charge is 2.16. The fraction of sp³-hybridized carbons (Fsp3) is 0.444. The van der Waals surface area contributed by atoms with Gasteiger partial charge < -0.3 is 15.3 Å². The van der Waals surface area contributed by atoms with Gasteiger partial charge in [0, 0.05) is 12.5 Å². The minimum absolute atomic E-state index is 0.0158. The third kappa shape index (κ3) is 1.89. The highest BCUT2D eigenvalue weighted by atomic mass is 16.3. The molecule has 0 aromatic carbocycles. The second-order valence-corrected chi connectivity index (χ2v) is 2.77. The van der Waals surface area contributed by atoms with Gasteiger partial charge in [-0.05, 0) is 0 Å². The van der Waals surface area contributed by atoms with E-state index in [1.54, 1.807) is 10.8 Å². The number of aromatic nitrogens is 1. The summed E-state index contributed by atoms with van der Waals surface area (Å²) in [5.41, 5.74) is 0.633. The Labute approximate surface area is 76.7 Å². The van der Waals surface area contributed by atoms with Gasteiger partial charge in [0.15, 0.2) is 18.5 Å². The number of aliphatic hydroxyl groups excluding tert-OH is 1. The van der Waals surface area contributed by atoms with E-state index in [0.29, 0.717) is 18.7 Å². The van der Waals surface area contributed by atoms with E-state index in [1.165, 1.54) is 6.07 Å². The second-order valence-electron chi connectivity index (χ2n) is 2.77. The molecule has 0 bridgehead atoms. The van der Waals surface area contributed by atoms with Crippen molar-refractivity contribution in [2.24, 2.45) is 0 Å². The lowest BCUT2D eigenvalue weighted by atomic mass is 10.2. The summed E-state index contributed by atoms with van der Waals surface area (Å²) in [4.78, 5) is 0. The monoisotopic (exact) mass is 184 g/mol. The number of aliphatic hydroxyl groups is 1. The molecule has 72 valence electrons. The lowest BCUT2D eigenvalue weighted by Gasteiger charge is -2.03. The van der Waals surface area contributed by atoms with Crippen molar-refractivity contribution < 1.29 is 19.9 Å². The molecule has 13 heavy (non-hydrogen) atoms. The molecule has 4 heteroatoms. The molecule has 1 rings (SSSR count). The first-order valence-corrected chi connectivity index (χ1v) is 4.24. The van der Waals surface area contributed by atoms with Gasteiger partial charge in [-0.1, -0.05) is 6.92 Å². The molecule has 0 saturated heterocycles. The zero-order chi connectivity index (χ0) is 9.84. The van der Waals surface area contributed by atoms with Gasteiger partial charge >= 0.3 is 0 Å². The van der Waals surface area contributed by atoms with Crippen LogP contribution in [0.25, 0.3) is 0 Å². The van der Waals surface area contributed by atoms with Crippen molar-refractivity contribution in [2.75, 3.05) is 6.61 Å². The van der Waals surface area contributed by atoms with E-state index in [2.05, 4.69) is 0 Å². The van der Waals surface area contributed by atoms with Crippen molar-refractivity contribution in [3.63, 3.8) is 0 Å². The minimum atomic E-state index is -0.119. The van der Waals surface area contributed by atoms with Crippen LogP contribution < -0.4 is 4.57 Å². The van der Waals surface area contributed by atoms with Gasteiger partial charge in [0.1, 0.15) is 6.61 Å². The molecular formula is C9H14NO3+. The third-order valence-electron chi connectivity index (χ3n) is 1.95. The van der Waals surface area contributed by atoms with Crippen LogP contribution in [0.1, 0.15) is 12.6 Å². The first-order valence-electron chi connectivity index (χ1n) is 4.24. The summed E-state index contributed by atoms with van der Waals surface area (Å²) in [7, 11) is 0. The average molecular weight is 184 g/mol. The number of pyridine rings is 1. The van der Waals surface area contributed by atoms with E-state index in [9.17, 15) is 10.2 Å². The molecule has 0 saturated carbocycles. The van der Waals surface area contributed by atoms with Crippen LogP contribution in [0.15, 0.2) is 12.3 Å². The number of hydrogen-bond donors (Lipinski definition) is 3. The van der Waals surface area contributed by atoms with E-state index < -0.39 is 0 Å². The molecule has 1 aromatic heterocycles. The van der Waals surface area contributed by atoms with Crippen LogP contribution in [0.3, 0.4) is 0 Å². The topological polar surface area (TPSA) is 64.6 Å². The van der Waals surface area contributed by atoms with Crippen molar-refractivity contribution in [3.8, 4) is 11.5 Å². The minimum Gasteiger partial charge on any atom is -0.504 e. The summed E-state index contributed by atoms with van der Waals surface area (Å²) in [5, 5.41) is 27.4. The first-order chi connectivity index (χ1) is 6.20. The van der Waals surface area contributed by atoms with Gasteiger partial charge in [-0.3, -0.25) is 0 Å². The van der Waals surface area contributed by atoms with E-state index in [0.717, 1.165) is 0 Å². The smallest absolute Gasteiger partial charge is 0.227 e. The molecule has 0 amide bonds. The predicted molar refractivity (Wildman–Crippen MR) is 46.4 cm³/mol. The van der Waals surface area contributed by atoms with Crippen molar-refractivity contribution in [3.05, 3.63) is 18.0 Å². The third-order valence-corrected chi connectivity index (χ3v) is 1.95. The van der Waals surface area contributed by atoms with Crippen LogP contribution in [-0.2, 0) is 13.0 Å². The molecule has 0 radical (unpaired) electrons. The zero-order valence-corrected chi connectivity index (χ0v) is 7.56. The van der Waals surface area contributed by atoms with Crippen LogP contribution in [0.4, 0.5) is 0 Å². The second kappa shape index (κ2) is 4.09. The maximum atomic E-state index is 9.45. The quantitative estimate of drug-likeness (QED) is 0.577. The summed E-state index contributed by atoms with van der Waals surface area (Å²) in [6.07, 6.45) is 2.25. The summed E-state index contributed by atoms with van der Waals surface area (Å²) in [6.45, 7) is 2.32. The molecule has 4 nitrogen and oxygen atoms in total. The zero-order valence-electron chi connectivity index (χ0n) is 7.56. The van der Waals surface area contributed by atoms with E-state index in [1.807, 2.05) is 6.92 Å². The fourth-order valence-corrected chi connectivity index (χ4v) is 1.30. The predicted octanol–water partition coefficient (Wildman–Crippen LogP) is -0.0600. The van der Waals surface area contributed by atoms with Crippen LogP contribution >= 0.6 is 0 Å². The number of nitrogens with zero attached hydrogens (tertiary/aromatic N) is 1. The summed E-state index contributed by atoms with van der Waals surface area (Å²) in [5.74, 6) is -0.218. The van der Waals surface area contributed by atoms with E-state index in [-0.39, 0.29) is 18.1 Å². The molecule has 0 atom stereocenters. The highest BCUT2D eigenvalue weighted by molar-refractivity contribution is 5.37. The first kappa shape index (κ1) is 9.80. The highest BCUT2D eigenvalue weighted by Crippen LogP contribution is 2.25. The Morgan fingerprint density at radius 2 is 2.08 bits per heavy atom. The van der Waals surface area contributed by atoms with Gasteiger partial charge in [-0.2, -0.15) is 4.57 Å². The Hall–Kier alpha value is -1.29. The maximum absolute atomic E-state index is 9.45. The molecule has 0 aliphatic carbocycles. The Morgan fingerprint density at radius 3 is 2.62 bits per heavy atom. The average Bonchev–Trinajstić information content (AvgIpc) is 2.12. The normalized spacial score (nSPS) is 10.3. The molecule has 0 spiro atoms. The van der Waals surface area contributed by atoms with Gasteiger partial charge in [-0.25, -0.2) is 0 Å². The lowest BCUT2D eigenvalue weighted by molar-refractivity contribution is -0.705. The standard InChI is InChI=1S/C9H13NO3/c1-2-7-9(13)8(12)3-4-10(7)5-6-11/h3-4,11,13H,2,5-6H2,1H3/p+1. The summed E-state index contributed by atoms with van der Waals surface area (Å²) < 4.78 is 1.72. The number of aromatic hydroxyl groups is 2. The van der Waals surface area contributed by atoms with Crippen LogP contribution in [0.2, 0.25) is 0 Å². The Bertz CT molecular complexity index is 299. The molecule has 0 fully saturated rings. The summed E-state index contributed by atoms with van der Waals surface area (Å²) in [6, 6.07) is 1.41. The Balaban J connectivity index is 3.13. The van der Waals surface area contributed by atoms with Crippen LogP contribution in [0, 0.1) is 0 Å². The van der Waals surface area contributed by atoms with Gasteiger partial charge in [0.25, 0.3) is 0 Å². The Kier molecular flexibility index (Phi) is 3.08. The molecule has 1 heterocycles. The van der Waals surface area contributed by atoms with Crippen molar-refractivity contribution >= 4 is 0 Å². The van der Waals surface area contributed by atoms with Crippen molar-refractivity contribution in [1.29, 1.82) is 0 Å². The van der Waals surface area contributed by atoms with E-state index in [4.69, 9.17) is 5.11 Å². The summed E-state index contributed by atoms with van der Waals surface area (Å²) >= 11 is 0. The molecule has 1 aromatic rings. The molecular weight excluding hydrogens is 170 g/mol. The SMILES string of the molecule is CCc1c(O)c(O)cc[n+]1CCO. The Morgan fingerprint density at radius 1 is 1.38 bits per heavy atom. The van der Waals surface area contributed by atoms with Gasteiger partial charge in [0.2, 0.25) is 11.4 Å². The van der Waals surface area contributed by atoms with E-state index >= 15 is 0 Å². The largest absolute Gasteiger partial charge is 0.504 e. The maximum Gasteiger partial charge on any atom is 0.227 e. The lowest BCUT2D eigenvalue weighted by Crippen LogP contribution is -2.39. The van der Waals surface area contributed by atoms with Crippen LogP contribution in [-0.4, -0.2) is 21.9 Å². The molecule has 0 unspecified atom stereocenters. The van der Waals surface area contributed by atoms with Crippen molar-refractivity contribution in [1.82, 2.24) is 0 Å². The fourth-order valence-electron chi connectivity index (χ4n) is 1.30. The van der Waals surface area contributed by atoms with Crippen LogP contribution in [0.5, 0.6) is 11.5 Å². The van der Waals surface area contributed by atoms with Gasteiger partial charge in [-0.15, -0.1) is 0 Å². The molecule has 3 N–H and O–H groups in total. The number of rotatable bonds is 3.